The molecule has 2 radical (unpaired) electrons. The number of ketones is 1. The first-order valence-corrected chi connectivity index (χ1v) is 4.48. The maximum absolute atomic E-state index is 11.2. The van der Waals surface area contributed by atoms with Crippen LogP contribution in [0.3, 0.4) is 0 Å². The summed E-state index contributed by atoms with van der Waals surface area (Å²) >= 11 is 0. The van der Waals surface area contributed by atoms with Gasteiger partial charge in [-0.05, 0) is 17.8 Å². The molecule has 0 amide bonds. The molecule has 66 valence electrons. The van der Waals surface area contributed by atoms with E-state index in [1.807, 2.05) is 24.3 Å². The van der Waals surface area contributed by atoms with Gasteiger partial charge in [0.25, 0.3) is 0 Å². The molecule has 1 aromatic rings. The summed E-state index contributed by atoms with van der Waals surface area (Å²) in [7, 11) is 5.25. The predicted octanol–water partition coefficient (Wildman–Crippen LogP) is 2.58. The highest BCUT2D eigenvalue weighted by molar-refractivity contribution is 6.23. The van der Waals surface area contributed by atoms with Gasteiger partial charge in [-0.25, -0.2) is 0 Å². The Bertz CT molecular complexity index is 287. The molecule has 0 aliphatic carbocycles. The van der Waals surface area contributed by atoms with Crippen LogP contribution in [-0.4, -0.2) is 13.6 Å². The summed E-state index contributed by atoms with van der Waals surface area (Å²) in [6.45, 7) is 4.25. The third-order valence-corrected chi connectivity index (χ3v) is 2.08. The van der Waals surface area contributed by atoms with E-state index in [-0.39, 0.29) is 12.1 Å². The van der Waals surface area contributed by atoms with Gasteiger partial charge < -0.3 is 0 Å². The molecule has 0 saturated carbocycles. The quantitative estimate of drug-likeness (QED) is 0.505. The molecule has 0 N–H and O–H groups in total. The first-order valence-electron chi connectivity index (χ1n) is 4.48. The number of hydrogen-bond acceptors (Lipinski definition) is 1. The van der Waals surface area contributed by atoms with E-state index in [2.05, 4.69) is 13.8 Å². The second kappa shape index (κ2) is 4.26. The van der Waals surface area contributed by atoms with Crippen molar-refractivity contribution in [3.05, 3.63) is 35.4 Å². The van der Waals surface area contributed by atoms with Crippen LogP contribution in [0.5, 0.6) is 0 Å². The minimum absolute atomic E-state index is 0.00435. The number of carbonyl (C=O) groups excluding carboxylic acids is 1. The molecule has 0 heterocycles. The van der Waals surface area contributed by atoms with Crippen molar-refractivity contribution >= 4 is 13.6 Å². The molecule has 0 atom stereocenters. The molecule has 0 unspecified atom stereocenters. The van der Waals surface area contributed by atoms with E-state index in [1.54, 1.807) is 0 Å². The summed E-state index contributed by atoms with van der Waals surface area (Å²) in [6.07, 6.45) is 0.0844. The van der Waals surface area contributed by atoms with E-state index in [9.17, 15) is 4.79 Å². The number of Topliss-reactive ketones (excluding diaryl/α,β-unsaturated/α-hetero) is 1. The van der Waals surface area contributed by atoms with Gasteiger partial charge in [-0.1, -0.05) is 38.1 Å². The number of hydrogen-bond donors (Lipinski definition) is 0. The van der Waals surface area contributed by atoms with Gasteiger partial charge in [-0.15, -0.1) is 0 Å². The van der Waals surface area contributed by atoms with Crippen molar-refractivity contribution in [1.29, 1.82) is 0 Å². The summed E-state index contributed by atoms with van der Waals surface area (Å²) in [5.74, 6) is 0.498. The highest BCUT2D eigenvalue weighted by Crippen LogP contribution is 2.15. The Labute approximate surface area is 80.6 Å². The fourth-order valence-electron chi connectivity index (χ4n) is 1.17. The number of carbonyl (C=O) groups is 1. The largest absolute Gasteiger partial charge is 0.295 e. The Kier molecular flexibility index (Phi) is 3.29. The zero-order chi connectivity index (χ0) is 9.84. The second-order valence-corrected chi connectivity index (χ2v) is 3.40. The van der Waals surface area contributed by atoms with E-state index >= 15 is 0 Å². The fraction of sp³-hybridized carbons (Fsp3) is 0.364. The Morgan fingerprint density at radius 1 is 1.31 bits per heavy atom. The highest BCUT2D eigenvalue weighted by Gasteiger charge is 2.03. The minimum atomic E-state index is -0.00435. The zero-order valence-electron chi connectivity index (χ0n) is 8.08. The van der Waals surface area contributed by atoms with E-state index in [0.29, 0.717) is 11.5 Å². The normalized spacial score (nSPS) is 10.4. The molecule has 0 aliphatic heterocycles. The number of rotatable bonds is 3. The van der Waals surface area contributed by atoms with Crippen LogP contribution in [0.1, 0.15) is 35.7 Å². The molecule has 1 nitrogen and oxygen atoms in total. The van der Waals surface area contributed by atoms with Crippen molar-refractivity contribution in [2.75, 3.05) is 0 Å². The predicted molar refractivity (Wildman–Crippen MR) is 55.4 cm³/mol. The standard InChI is InChI=1S/C11H13BO/c1-8(2)9-3-5-10(6-4-9)11(13)7-12/h3-6,8H,7H2,1-2H3. The van der Waals surface area contributed by atoms with Gasteiger partial charge in [-0.2, -0.15) is 0 Å². The van der Waals surface area contributed by atoms with E-state index in [1.165, 1.54) is 5.56 Å². The van der Waals surface area contributed by atoms with Crippen LogP contribution in [0.25, 0.3) is 0 Å². The summed E-state index contributed by atoms with van der Waals surface area (Å²) in [6, 6.07) is 7.64. The first-order chi connectivity index (χ1) is 6.15. The van der Waals surface area contributed by atoms with Crippen LogP contribution >= 0.6 is 0 Å². The van der Waals surface area contributed by atoms with E-state index in [4.69, 9.17) is 7.85 Å². The van der Waals surface area contributed by atoms with E-state index < -0.39 is 0 Å². The topological polar surface area (TPSA) is 17.1 Å². The average molecular weight is 172 g/mol. The third kappa shape index (κ3) is 2.45. The van der Waals surface area contributed by atoms with E-state index in [0.717, 1.165) is 0 Å². The van der Waals surface area contributed by atoms with Gasteiger partial charge in [-0.3, -0.25) is 4.79 Å². The zero-order valence-corrected chi connectivity index (χ0v) is 8.08. The lowest BCUT2D eigenvalue weighted by molar-refractivity contribution is 0.101. The lowest BCUT2D eigenvalue weighted by Crippen LogP contribution is -1.97. The molecule has 13 heavy (non-hydrogen) atoms. The molecule has 0 spiro atoms. The Morgan fingerprint density at radius 3 is 2.23 bits per heavy atom. The highest BCUT2D eigenvalue weighted by atomic mass is 16.1. The Balaban J connectivity index is 2.87. The maximum Gasteiger partial charge on any atom is 0.154 e. The first kappa shape index (κ1) is 10.0. The van der Waals surface area contributed by atoms with Crippen LogP contribution in [-0.2, 0) is 0 Å². The molecule has 0 aliphatic rings. The Morgan fingerprint density at radius 2 is 1.85 bits per heavy atom. The average Bonchev–Trinajstić information content (AvgIpc) is 2.17. The van der Waals surface area contributed by atoms with Gasteiger partial charge in [0.2, 0.25) is 0 Å². The molecular formula is C11H13BO. The van der Waals surface area contributed by atoms with Crippen molar-refractivity contribution in [1.82, 2.24) is 0 Å². The van der Waals surface area contributed by atoms with Crippen molar-refractivity contribution in [3.63, 3.8) is 0 Å². The lowest BCUT2D eigenvalue weighted by Gasteiger charge is -2.05. The van der Waals surface area contributed by atoms with Gasteiger partial charge in [0.05, 0.1) is 7.85 Å². The van der Waals surface area contributed by atoms with Crippen LogP contribution in [0.4, 0.5) is 0 Å². The van der Waals surface area contributed by atoms with Gasteiger partial charge in [0.1, 0.15) is 0 Å². The fourth-order valence-corrected chi connectivity index (χ4v) is 1.17. The van der Waals surface area contributed by atoms with Crippen LogP contribution < -0.4 is 0 Å². The SMILES string of the molecule is [B]CC(=O)c1ccc(C(C)C)cc1. The summed E-state index contributed by atoms with van der Waals surface area (Å²) < 4.78 is 0. The molecule has 0 aromatic heterocycles. The van der Waals surface area contributed by atoms with Gasteiger partial charge in [0.15, 0.2) is 5.78 Å². The molecule has 1 rings (SSSR count). The van der Waals surface area contributed by atoms with Crippen molar-refractivity contribution in [2.45, 2.75) is 26.1 Å². The minimum Gasteiger partial charge on any atom is -0.295 e. The molecule has 0 fully saturated rings. The maximum atomic E-state index is 11.2. The summed E-state index contributed by atoms with van der Waals surface area (Å²) in [4.78, 5) is 11.2. The van der Waals surface area contributed by atoms with Crippen LogP contribution in [0.2, 0.25) is 6.32 Å². The van der Waals surface area contributed by atoms with Gasteiger partial charge >= 0.3 is 0 Å². The number of benzene rings is 1. The summed E-state index contributed by atoms with van der Waals surface area (Å²) in [5, 5.41) is 0. The monoisotopic (exact) mass is 172 g/mol. The van der Waals surface area contributed by atoms with Crippen molar-refractivity contribution < 1.29 is 4.79 Å². The Hall–Kier alpha value is -1.05. The van der Waals surface area contributed by atoms with Crippen LogP contribution in [0, 0.1) is 0 Å². The summed E-state index contributed by atoms with van der Waals surface area (Å²) in [5.41, 5.74) is 1.94. The van der Waals surface area contributed by atoms with Crippen LogP contribution in [0.15, 0.2) is 24.3 Å². The van der Waals surface area contributed by atoms with Gasteiger partial charge in [0, 0.05) is 5.56 Å². The van der Waals surface area contributed by atoms with Crippen molar-refractivity contribution in [3.8, 4) is 0 Å². The molecule has 0 bridgehead atoms. The molecule has 2 heteroatoms. The molecule has 1 aromatic carbocycles. The van der Waals surface area contributed by atoms with Crippen molar-refractivity contribution in [2.24, 2.45) is 0 Å². The second-order valence-electron chi connectivity index (χ2n) is 3.40. The molecular weight excluding hydrogens is 159 g/mol. The molecule has 0 saturated heterocycles. The third-order valence-electron chi connectivity index (χ3n) is 2.08. The smallest absolute Gasteiger partial charge is 0.154 e. The lowest BCUT2D eigenvalue weighted by atomic mass is 9.94.